The molecule has 2 heterocycles. The van der Waals surface area contributed by atoms with Gasteiger partial charge in [0.15, 0.2) is 0 Å². The van der Waals surface area contributed by atoms with Crippen molar-refractivity contribution in [1.82, 2.24) is 4.98 Å². The first-order chi connectivity index (χ1) is 10.6. The fraction of sp³-hybridized carbons (Fsp3) is 0.294. The molecule has 1 aromatic carbocycles. The maximum atomic E-state index is 6.27. The smallest absolute Gasteiger partial charge is 0.145 e. The van der Waals surface area contributed by atoms with Crippen molar-refractivity contribution < 1.29 is 0 Å². The lowest BCUT2D eigenvalue weighted by Gasteiger charge is -2.29. The highest BCUT2D eigenvalue weighted by Crippen LogP contribution is 2.41. The fourth-order valence-electron chi connectivity index (χ4n) is 2.85. The van der Waals surface area contributed by atoms with Gasteiger partial charge in [-0.3, -0.25) is 0 Å². The number of benzene rings is 1. The molecule has 1 aromatic heterocycles. The third kappa shape index (κ3) is 2.15. The van der Waals surface area contributed by atoms with Crippen molar-refractivity contribution in [1.29, 1.82) is 0 Å². The average molecular weight is 313 g/mol. The molecular weight excluding hydrogens is 296 g/mol. The van der Waals surface area contributed by atoms with E-state index in [4.69, 9.17) is 22.3 Å². The van der Waals surface area contributed by atoms with Gasteiger partial charge in [-0.1, -0.05) is 17.7 Å². The Balaban J connectivity index is 1.86. The summed E-state index contributed by atoms with van der Waals surface area (Å²) in [5.74, 6) is 2.05. The molecule has 1 fully saturated rings. The Morgan fingerprint density at radius 2 is 2.05 bits per heavy atom. The zero-order valence-corrected chi connectivity index (χ0v) is 13.1. The summed E-state index contributed by atoms with van der Waals surface area (Å²) in [6.45, 7) is 2.49. The van der Waals surface area contributed by atoms with Gasteiger partial charge >= 0.3 is 0 Å². The number of halogens is 1. The summed E-state index contributed by atoms with van der Waals surface area (Å²) in [6.07, 6.45) is 2.46. The number of hydrogen-bond acceptors (Lipinski definition) is 4. The van der Waals surface area contributed by atoms with Crippen LogP contribution in [0, 0.1) is 6.92 Å². The van der Waals surface area contributed by atoms with E-state index in [0.29, 0.717) is 18.4 Å². The first-order valence-corrected chi connectivity index (χ1v) is 7.87. The summed E-state index contributed by atoms with van der Waals surface area (Å²) in [5, 5.41) is 0.750. The maximum absolute atomic E-state index is 6.27. The molecule has 112 valence electrons. The molecule has 4 nitrogen and oxygen atoms in total. The molecule has 0 spiro atoms. The quantitative estimate of drug-likeness (QED) is 0.919. The number of hydrogen-bond donors (Lipinski definition) is 1. The first-order valence-electron chi connectivity index (χ1n) is 7.49. The second kappa shape index (κ2) is 4.99. The highest BCUT2D eigenvalue weighted by Gasteiger charge is 2.29. The predicted octanol–water partition coefficient (Wildman–Crippen LogP) is 3.74. The van der Waals surface area contributed by atoms with E-state index >= 15 is 0 Å². The predicted molar refractivity (Wildman–Crippen MR) is 90.1 cm³/mol. The van der Waals surface area contributed by atoms with Crippen LogP contribution in [-0.4, -0.2) is 17.5 Å². The van der Waals surface area contributed by atoms with E-state index in [1.165, 1.54) is 12.8 Å². The molecule has 2 aliphatic rings. The van der Waals surface area contributed by atoms with Gasteiger partial charge in [0.1, 0.15) is 18.3 Å². The van der Waals surface area contributed by atoms with Gasteiger partial charge in [0.05, 0.1) is 5.56 Å². The van der Waals surface area contributed by atoms with Gasteiger partial charge < -0.3 is 10.6 Å². The molecular formula is C17H17ClN4. The van der Waals surface area contributed by atoms with Crippen LogP contribution in [0.25, 0.3) is 0 Å². The highest BCUT2D eigenvalue weighted by atomic mass is 35.5. The van der Waals surface area contributed by atoms with Crippen molar-refractivity contribution in [3.05, 3.63) is 52.2 Å². The Hall–Kier alpha value is -2.07. The number of nitrogens with two attached hydrogens (primary N) is 1. The summed E-state index contributed by atoms with van der Waals surface area (Å²) in [6, 6.07) is 10.0. The molecule has 4 rings (SSSR count). The van der Waals surface area contributed by atoms with Crippen LogP contribution in [0.2, 0.25) is 5.02 Å². The monoisotopic (exact) mass is 312 g/mol. The molecule has 1 aliphatic heterocycles. The van der Waals surface area contributed by atoms with E-state index in [1.807, 2.05) is 31.2 Å². The number of aromatic nitrogens is 1. The normalized spacial score (nSPS) is 17.2. The minimum atomic E-state index is 0.473. The van der Waals surface area contributed by atoms with Crippen molar-refractivity contribution in [3.8, 4) is 0 Å². The lowest BCUT2D eigenvalue weighted by atomic mass is 10.1. The van der Waals surface area contributed by atoms with Crippen LogP contribution in [0.15, 0.2) is 35.3 Å². The van der Waals surface area contributed by atoms with Crippen LogP contribution in [0.5, 0.6) is 0 Å². The molecule has 1 aliphatic carbocycles. The molecule has 2 aromatic rings. The number of fused-ring (bicyclic) bond motifs is 1. The Kier molecular flexibility index (Phi) is 3.08. The number of nitrogens with zero attached hydrogens (tertiary/aromatic N) is 3. The van der Waals surface area contributed by atoms with Crippen LogP contribution >= 0.6 is 11.6 Å². The van der Waals surface area contributed by atoms with Crippen molar-refractivity contribution >= 4 is 28.9 Å². The Morgan fingerprint density at radius 1 is 1.23 bits per heavy atom. The minimum absolute atomic E-state index is 0.473. The van der Waals surface area contributed by atoms with E-state index in [1.54, 1.807) is 0 Å². The molecule has 0 unspecified atom stereocenters. The lowest BCUT2D eigenvalue weighted by molar-refractivity contribution is 0.904. The summed E-state index contributed by atoms with van der Waals surface area (Å²) < 4.78 is 0. The summed E-state index contributed by atoms with van der Waals surface area (Å²) in [7, 11) is 0. The van der Waals surface area contributed by atoms with Crippen LogP contribution in [0.4, 0.5) is 11.5 Å². The van der Waals surface area contributed by atoms with Crippen LogP contribution < -0.4 is 10.6 Å². The van der Waals surface area contributed by atoms with E-state index < -0.39 is 0 Å². The molecule has 0 atom stereocenters. The lowest BCUT2D eigenvalue weighted by Crippen LogP contribution is -2.31. The van der Waals surface area contributed by atoms with Gasteiger partial charge in [-0.05, 0) is 49.6 Å². The average Bonchev–Trinajstić information content (AvgIpc) is 3.35. The number of amidine groups is 1. The molecule has 0 bridgehead atoms. The van der Waals surface area contributed by atoms with E-state index in [-0.39, 0.29) is 0 Å². The number of rotatable bonds is 2. The third-order valence-corrected chi connectivity index (χ3v) is 4.75. The van der Waals surface area contributed by atoms with E-state index in [0.717, 1.165) is 33.3 Å². The second-order valence-electron chi connectivity index (χ2n) is 5.88. The van der Waals surface area contributed by atoms with Crippen molar-refractivity contribution in [3.63, 3.8) is 0 Å². The van der Waals surface area contributed by atoms with E-state index in [2.05, 4.69) is 16.0 Å². The molecule has 0 amide bonds. The van der Waals surface area contributed by atoms with Gasteiger partial charge in [-0.2, -0.15) is 0 Å². The van der Waals surface area contributed by atoms with Gasteiger partial charge in [0.25, 0.3) is 0 Å². The van der Waals surface area contributed by atoms with Crippen molar-refractivity contribution in [2.45, 2.75) is 25.7 Å². The largest absolute Gasteiger partial charge is 0.383 e. The Morgan fingerprint density at radius 3 is 2.82 bits per heavy atom. The van der Waals surface area contributed by atoms with Crippen LogP contribution in [-0.2, 0) is 0 Å². The minimum Gasteiger partial charge on any atom is -0.383 e. The number of anilines is 2. The molecule has 2 N–H and O–H groups in total. The fourth-order valence-corrected chi connectivity index (χ4v) is 3.02. The Labute approximate surface area is 134 Å². The molecule has 1 saturated carbocycles. The second-order valence-corrected chi connectivity index (χ2v) is 6.29. The van der Waals surface area contributed by atoms with Crippen LogP contribution in [0.1, 0.15) is 35.6 Å². The van der Waals surface area contributed by atoms with Crippen molar-refractivity contribution in [2.24, 2.45) is 10.7 Å². The topological polar surface area (TPSA) is 54.5 Å². The van der Waals surface area contributed by atoms with Gasteiger partial charge in [0.2, 0.25) is 0 Å². The SMILES string of the molecule is Cc1c(Cl)cccc1N1CN=C(N)c2ccc(C3CC3)nc21. The Bertz CT molecular complexity index is 780. The van der Waals surface area contributed by atoms with Crippen LogP contribution in [0.3, 0.4) is 0 Å². The molecule has 0 radical (unpaired) electrons. The van der Waals surface area contributed by atoms with Crippen molar-refractivity contribution in [2.75, 3.05) is 11.6 Å². The number of aliphatic imine (C=N–C) groups is 1. The van der Waals surface area contributed by atoms with Gasteiger partial charge in [-0.25, -0.2) is 9.98 Å². The van der Waals surface area contributed by atoms with Gasteiger partial charge in [-0.15, -0.1) is 0 Å². The zero-order chi connectivity index (χ0) is 15.3. The summed E-state index contributed by atoms with van der Waals surface area (Å²) >= 11 is 6.27. The molecule has 5 heteroatoms. The molecule has 22 heavy (non-hydrogen) atoms. The summed E-state index contributed by atoms with van der Waals surface area (Å²) in [4.78, 5) is 11.4. The van der Waals surface area contributed by atoms with Gasteiger partial charge in [0, 0.05) is 22.3 Å². The van der Waals surface area contributed by atoms with E-state index in [9.17, 15) is 0 Å². The zero-order valence-electron chi connectivity index (χ0n) is 12.4. The highest BCUT2D eigenvalue weighted by molar-refractivity contribution is 6.31. The standard InChI is InChI=1S/C17H17ClN4/c1-10-13(18)3-2-4-15(10)22-9-20-16(19)12-7-8-14(11-5-6-11)21-17(12)22/h2-4,7-8,11H,5-6,9H2,1H3,(H2,19,20). The summed E-state index contributed by atoms with van der Waals surface area (Å²) in [5.41, 5.74) is 10.2. The maximum Gasteiger partial charge on any atom is 0.145 e. The third-order valence-electron chi connectivity index (χ3n) is 4.34. The molecule has 0 saturated heterocycles. The first kappa shape index (κ1) is 13.6. The number of pyridine rings is 1.